The Bertz CT molecular complexity index is 521. The van der Waals surface area contributed by atoms with E-state index in [-0.39, 0.29) is 5.91 Å². The molecule has 8 heteroatoms. The molecule has 1 aromatic heterocycles. The SMILES string of the molecule is COCCNC(=O)c1ccc(N2CCC3(CC2)OCCO3)nn1. The fourth-order valence-electron chi connectivity index (χ4n) is 2.83. The summed E-state index contributed by atoms with van der Waals surface area (Å²) in [4.78, 5) is 14.0. The van der Waals surface area contributed by atoms with Crippen molar-refractivity contribution in [1.82, 2.24) is 15.5 Å². The van der Waals surface area contributed by atoms with Crippen molar-refractivity contribution >= 4 is 11.7 Å². The van der Waals surface area contributed by atoms with Gasteiger partial charge in [0.2, 0.25) is 0 Å². The number of carbonyl (C=O) groups is 1. The van der Waals surface area contributed by atoms with Crippen LogP contribution in [-0.2, 0) is 14.2 Å². The van der Waals surface area contributed by atoms with Crippen LogP contribution < -0.4 is 10.2 Å². The summed E-state index contributed by atoms with van der Waals surface area (Å²) in [6, 6.07) is 3.52. The van der Waals surface area contributed by atoms with Crippen molar-refractivity contribution in [2.75, 3.05) is 51.5 Å². The molecule has 3 heterocycles. The highest BCUT2D eigenvalue weighted by Crippen LogP contribution is 2.32. The number of carbonyl (C=O) groups excluding carboxylic acids is 1. The fourth-order valence-corrected chi connectivity index (χ4v) is 2.83. The van der Waals surface area contributed by atoms with Crippen molar-refractivity contribution in [2.45, 2.75) is 18.6 Å². The zero-order valence-corrected chi connectivity index (χ0v) is 13.3. The third kappa shape index (κ3) is 3.77. The highest BCUT2D eigenvalue weighted by atomic mass is 16.7. The third-order valence-electron chi connectivity index (χ3n) is 4.14. The Morgan fingerprint density at radius 2 is 2.04 bits per heavy atom. The van der Waals surface area contributed by atoms with Crippen LogP contribution in [0, 0.1) is 0 Å². The lowest BCUT2D eigenvalue weighted by atomic mass is 10.0. The highest BCUT2D eigenvalue weighted by molar-refractivity contribution is 5.92. The predicted molar refractivity (Wildman–Crippen MR) is 82.3 cm³/mol. The number of rotatable bonds is 5. The molecule has 0 bridgehead atoms. The van der Waals surface area contributed by atoms with Gasteiger partial charge in [-0.15, -0.1) is 10.2 Å². The molecule has 1 aromatic rings. The number of ether oxygens (including phenoxy) is 3. The molecule has 2 aliphatic rings. The standard InChI is InChI=1S/C15H22N4O4/c1-21-9-6-16-14(20)12-2-3-13(18-17-12)19-7-4-15(5-8-19)22-10-11-23-15/h2-3H,4-11H2,1H3,(H,16,20). The number of methoxy groups -OCH3 is 1. The van der Waals surface area contributed by atoms with E-state index >= 15 is 0 Å². The van der Waals surface area contributed by atoms with E-state index < -0.39 is 5.79 Å². The zero-order valence-electron chi connectivity index (χ0n) is 13.3. The van der Waals surface area contributed by atoms with Gasteiger partial charge < -0.3 is 24.4 Å². The Kier molecular flexibility index (Phi) is 5.04. The number of piperidine rings is 1. The second-order valence-corrected chi connectivity index (χ2v) is 5.62. The topological polar surface area (TPSA) is 85.8 Å². The lowest BCUT2D eigenvalue weighted by Crippen LogP contribution is -2.45. The molecule has 2 fully saturated rings. The summed E-state index contributed by atoms with van der Waals surface area (Å²) >= 11 is 0. The normalized spacial score (nSPS) is 20.0. The van der Waals surface area contributed by atoms with E-state index in [1.807, 2.05) is 6.07 Å². The molecule has 1 amide bonds. The first-order valence-corrected chi connectivity index (χ1v) is 7.86. The van der Waals surface area contributed by atoms with E-state index in [0.717, 1.165) is 31.7 Å². The number of nitrogens with zero attached hydrogens (tertiary/aromatic N) is 3. The van der Waals surface area contributed by atoms with E-state index in [1.165, 1.54) is 0 Å². The number of anilines is 1. The predicted octanol–water partition coefficient (Wildman–Crippen LogP) is 0.196. The molecule has 2 saturated heterocycles. The van der Waals surface area contributed by atoms with E-state index in [1.54, 1.807) is 13.2 Å². The summed E-state index contributed by atoms with van der Waals surface area (Å²) in [6.45, 7) is 3.87. The fraction of sp³-hybridized carbons (Fsp3) is 0.667. The van der Waals surface area contributed by atoms with Crippen LogP contribution in [0.15, 0.2) is 12.1 Å². The number of nitrogens with one attached hydrogen (secondary N) is 1. The van der Waals surface area contributed by atoms with Crippen LogP contribution in [0.4, 0.5) is 5.82 Å². The van der Waals surface area contributed by atoms with E-state index in [9.17, 15) is 4.79 Å². The maximum absolute atomic E-state index is 11.9. The van der Waals surface area contributed by atoms with Crippen LogP contribution >= 0.6 is 0 Å². The highest BCUT2D eigenvalue weighted by Gasteiger charge is 2.40. The summed E-state index contributed by atoms with van der Waals surface area (Å²) < 4.78 is 16.3. The Hall–Kier alpha value is -1.77. The molecule has 0 aliphatic carbocycles. The minimum absolute atomic E-state index is 0.244. The molecule has 3 rings (SSSR count). The molecule has 23 heavy (non-hydrogen) atoms. The molecular weight excluding hydrogens is 300 g/mol. The van der Waals surface area contributed by atoms with Gasteiger partial charge in [0.15, 0.2) is 17.3 Å². The second-order valence-electron chi connectivity index (χ2n) is 5.62. The summed E-state index contributed by atoms with van der Waals surface area (Å²) in [6.07, 6.45) is 1.63. The molecule has 126 valence electrons. The number of aromatic nitrogens is 2. The molecule has 0 atom stereocenters. The van der Waals surface area contributed by atoms with Gasteiger partial charge in [0.05, 0.1) is 19.8 Å². The molecule has 0 aromatic carbocycles. The Labute approximate surface area is 135 Å². The maximum atomic E-state index is 11.9. The Morgan fingerprint density at radius 1 is 1.30 bits per heavy atom. The van der Waals surface area contributed by atoms with Crippen LogP contribution in [-0.4, -0.2) is 68.5 Å². The third-order valence-corrected chi connectivity index (χ3v) is 4.14. The van der Waals surface area contributed by atoms with Gasteiger partial charge in [-0.25, -0.2) is 0 Å². The largest absolute Gasteiger partial charge is 0.383 e. The molecule has 0 radical (unpaired) electrons. The molecule has 2 aliphatic heterocycles. The van der Waals surface area contributed by atoms with Gasteiger partial charge in [-0.05, 0) is 12.1 Å². The number of hydrogen-bond acceptors (Lipinski definition) is 7. The molecular formula is C15H22N4O4. The monoisotopic (exact) mass is 322 g/mol. The van der Waals surface area contributed by atoms with Crippen molar-refractivity contribution in [2.24, 2.45) is 0 Å². The van der Waals surface area contributed by atoms with Crippen molar-refractivity contribution in [1.29, 1.82) is 0 Å². The van der Waals surface area contributed by atoms with Crippen molar-refractivity contribution in [3.05, 3.63) is 17.8 Å². The number of hydrogen-bond donors (Lipinski definition) is 1. The van der Waals surface area contributed by atoms with Gasteiger partial charge in [-0.2, -0.15) is 0 Å². The average molecular weight is 322 g/mol. The van der Waals surface area contributed by atoms with Crippen molar-refractivity contribution in [3.63, 3.8) is 0 Å². The van der Waals surface area contributed by atoms with Crippen LogP contribution in [0.5, 0.6) is 0 Å². The lowest BCUT2D eigenvalue weighted by Gasteiger charge is -2.37. The van der Waals surface area contributed by atoms with E-state index in [4.69, 9.17) is 14.2 Å². The maximum Gasteiger partial charge on any atom is 0.271 e. The molecule has 8 nitrogen and oxygen atoms in total. The van der Waals surface area contributed by atoms with Crippen LogP contribution in [0.25, 0.3) is 0 Å². The first-order valence-electron chi connectivity index (χ1n) is 7.86. The Morgan fingerprint density at radius 3 is 2.65 bits per heavy atom. The summed E-state index contributed by atoms with van der Waals surface area (Å²) in [5.74, 6) is 0.128. The van der Waals surface area contributed by atoms with Crippen molar-refractivity contribution < 1.29 is 19.0 Å². The van der Waals surface area contributed by atoms with E-state index in [2.05, 4.69) is 20.4 Å². The van der Waals surface area contributed by atoms with E-state index in [0.29, 0.717) is 32.1 Å². The zero-order chi connectivity index (χ0) is 16.1. The minimum atomic E-state index is -0.398. The second kappa shape index (κ2) is 7.20. The number of amides is 1. The lowest BCUT2D eigenvalue weighted by molar-refractivity contribution is -0.169. The van der Waals surface area contributed by atoms with Crippen LogP contribution in [0.3, 0.4) is 0 Å². The van der Waals surface area contributed by atoms with Gasteiger partial charge >= 0.3 is 0 Å². The average Bonchev–Trinajstić information content (AvgIpc) is 3.04. The van der Waals surface area contributed by atoms with Gasteiger partial charge in [0.25, 0.3) is 5.91 Å². The minimum Gasteiger partial charge on any atom is -0.383 e. The van der Waals surface area contributed by atoms with Gasteiger partial charge in [0.1, 0.15) is 0 Å². The van der Waals surface area contributed by atoms with Gasteiger partial charge in [-0.3, -0.25) is 4.79 Å². The first kappa shape index (κ1) is 16.1. The van der Waals surface area contributed by atoms with Crippen LogP contribution in [0.2, 0.25) is 0 Å². The summed E-state index contributed by atoms with van der Waals surface area (Å²) in [5.41, 5.74) is 0.306. The smallest absolute Gasteiger partial charge is 0.271 e. The molecule has 1 N–H and O–H groups in total. The summed E-state index contributed by atoms with van der Waals surface area (Å²) in [7, 11) is 1.59. The molecule has 0 saturated carbocycles. The van der Waals surface area contributed by atoms with Crippen LogP contribution in [0.1, 0.15) is 23.3 Å². The van der Waals surface area contributed by atoms with Gasteiger partial charge in [0, 0.05) is 39.6 Å². The quantitative estimate of drug-likeness (QED) is 0.775. The Balaban J connectivity index is 1.54. The van der Waals surface area contributed by atoms with Crippen molar-refractivity contribution in [3.8, 4) is 0 Å². The molecule has 0 unspecified atom stereocenters. The first-order chi connectivity index (χ1) is 11.2. The van der Waals surface area contributed by atoms with Gasteiger partial charge in [-0.1, -0.05) is 0 Å². The summed E-state index contributed by atoms with van der Waals surface area (Å²) in [5, 5.41) is 10.9. The molecule has 1 spiro atoms.